The van der Waals surface area contributed by atoms with Crippen molar-refractivity contribution in [2.45, 2.75) is 0 Å². The fourth-order valence-electron chi connectivity index (χ4n) is 1.46. The molecule has 0 radical (unpaired) electrons. The van der Waals surface area contributed by atoms with Crippen molar-refractivity contribution in [1.82, 2.24) is 0 Å². The number of hydrogen-bond acceptors (Lipinski definition) is 2. The Morgan fingerprint density at radius 3 is 2.20 bits per heavy atom. The summed E-state index contributed by atoms with van der Waals surface area (Å²) in [5, 5.41) is 10.2. The maximum absolute atomic E-state index is 11.1. The highest BCUT2D eigenvalue weighted by Gasteiger charge is 2.15. The lowest BCUT2D eigenvalue weighted by Crippen LogP contribution is -2.00. The van der Waals surface area contributed by atoms with Gasteiger partial charge in [0.05, 0.1) is 15.1 Å². The Labute approximate surface area is 134 Å². The molecular formula is C13H6Cl4O3. The molecule has 0 aromatic heterocycles. The summed E-state index contributed by atoms with van der Waals surface area (Å²) < 4.78 is 5.48. The second-order valence-corrected chi connectivity index (χ2v) is 5.40. The Bertz CT molecular complexity index is 686. The van der Waals surface area contributed by atoms with E-state index in [-0.39, 0.29) is 32.1 Å². The van der Waals surface area contributed by atoms with Gasteiger partial charge in [-0.3, -0.25) is 0 Å². The number of carboxylic acids is 1. The molecule has 2 rings (SSSR count). The molecule has 0 fully saturated rings. The van der Waals surface area contributed by atoms with Gasteiger partial charge in [0.25, 0.3) is 0 Å². The minimum absolute atomic E-state index is 0.0449. The number of aromatic carboxylic acids is 1. The fourth-order valence-corrected chi connectivity index (χ4v) is 2.20. The molecule has 0 spiro atoms. The Kier molecular flexibility index (Phi) is 4.66. The maximum Gasteiger partial charge on any atom is 0.339 e. The van der Waals surface area contributed by atoms with E-state index in [1.807, 2.05) is 0 Å². The van der Waals surface area contributed by atoms with E-state index in [1.165, 1.54) is 30.3 Å². The zero-order chi connectivity index (χ0) is 14.9. The van der Waals surface area contributed by atoms with Crippen molar-refractivity contribution in [3.8, 4) is 11.5 Å². The van der Waals surface area contributed by atoms with E-state index in [2.05, 4.69) is 0 Å². The van der Waals surface area contributed by atoms with Gasteiger partial charge in [-0.1, -0.05) is 46.4 Å². The van der Waals surface area contributed by atoms with Crippen molar-refractivity contribution >= 4 is 52.4 Å². The van der Waals surface area contributed by atoms with Crippen molar-refractivity contribution in [2.75, 3.05) is 0 Å². The van der Waals surface area contributed by atoms with E-state index < -0.39 is 5.97 Å². The highest BCUT2D eigenvalue weighted by molar-refractivity contribution is 6.43. The van der Waals surface area contributed by atoms with Crippen molar-refractivity contribution in [2.24, 2.45) is 0 Å². The third kappa shape index (κ3) is 3.30. The number of carbonyl (C=O) groups is 1. The summed E-state index contributed by atoms with van der Waals surface area (Å²) in [4.78, 5) is 11.1. The normalized spacial score (nSPS) is 10.4. The van der Waals surface area contributed by atoms with Crippen LogP contribution in [0.5, 0.6) is 11.5 Å². The minimum Gasteiger partial charge on any atom is -0.478 e. The monoisotopic (exact) mass is 350 g/mol. The number of hydrogen-bond donors (Lipinski definition) is 1. The highest BCUT2D eigenvalue weighted by atomic mass is 35.5. The smallest absolute Gasteiger partial charge is 0.339 e. The van der Waals surface area contributed by atoms with Crippen LogP contribution in [0.15, 0.2) is 30.3 Å². The molecule has 0 aliphatic carbocycles. The van der Waals surface area contributed by atoms with Crippen LogP contribution in [0.25, 0.3) is 0 Å². The molecule has 2 aromatic carbocycles. The van der Waals surface area contributed by atoms with Crippen LogP contribution in [0, 0.1) is 0 Å². The SMILES string of the molecule is O=C(O)c1ccc(Cl)cc1Oc1cc(Cl)c(Cl)cc1Cl. The van der Waals surface area contributed by atoms with Crippen LogP contribution in [0.2, 0.25) is 20.1 Å². The van der Waals surface area contributed by atoms with Gasteiger partial charge < -0.3 is 9.84 Å². The molecule has 0 saturated heterocycles. The molecule has 20 heavy (non-hydrogen) atoms. The molecule has 0 aliphatic heterocycles. The standard InChI is InChI=1S/C13H6Cl4O3/c14-6-1-2-7(13(18)19)11(3-6)20-12-5-9(16)8(15)4-10(12)17/h1-5H,(H,18,19). The largest absolute Gasteiger partial charge is 0.478 e. The molecule has 0 unspecified atom stereocenters. The third-order valence-corrected chi connectivity index (χ3v) is 3.62. The summed E-state index contributed by atoms with van der Waals surface area (Å²) in [5.74, 6) is -0.899. The highest BCUT2D eigenvalue weighted by Crippen LogP contribution is 2.37. The average Bonchev–Trinajstić information content (AvgIpc) is 2.35. The maximum atomic E-state index is 11.1. The molecule has 7 heteroatoms. The number of ether oxygens (including phenoxy) is 1. The Morgan fingerprint density at radius 1 is 0.900 bits per heavy atom. The molecule has 0 amide bonds. The van der Waals surface area contributed by atoms with Gasteiger partial charge in [0.15, 0.2) is 0 Å². The summed E-state index contributed by atoms with van der Waals surface area (Å²) in [5.41, 5.74) is -0.0449. The van der Waals surface area contributed by atoms with Crippen LogP contribution in [0.1, 0.15) is 10.4 Å². The summed E-state index contributed by atoms with van der Waals surface area (Å²) >= 11 is 23.5. The summed E-state index contributed by atoms with van der Waals surface area (Å²) in [6.07, 6.45) is 0. The van der Waals surface area contributed by atoms with Crippen LogP contribution in [0.4, 0.5) is 0 Å². The van der Waals surface area contributed by atoms with Gasteiger partial charge in [0.1, 0.15) is 17.1 Å². The lowest BCUT2D eigenvalue weighted by Gasteiger charge is -2.11. The molecule has 1 N–H and O–H groups in total. The molecule has 0 heterocycles. The first-order valence-electron chi connectivity index (χ1n) is 5.23. The first kappa shape index (κ1) is 15.3. The number of halogens is 4. The average molecular weight is 352 g/mol. The van der Waals surface area contributed by atoms with Crippen LogP contribution in [-0.4, -0.2) is 11.1 Å². The van der Waals surface area contributed by atoms with E-state index in [1.54, 1.807) is 0 Å². The van der Waals surface area contributed by atoms with Gasteiger partial charge in [-0.25, -0.2) is 4.79 Å². The molecule has 3 nitrogen and oxygen atoms in total. The predicted octanol–water partition coefficient (Wildman–Crippen LogP) is 5.79. The Hall–Kier alpha value is -1.13. The number of rotatable bonds is 3. The molecule has 0 aliphatic rings. The zero-order valence-electron chi connectivity index (χ0n) is 9.66. The topological polar surface area (TPSA) is 46.5 Å². The second-order valence-electron chi connectivity index (χ2n) is 3.74. The van der Waals surface area contributed by atoms with Crippen LogP contribution >= 0.6 is 46.4 Å². The Morgan fingerprint density at radius 2 is 1.55 bits per heavy atom. The number of carboxylic acid groups (broad SMARTS) is 1. The molecule has 0 bridgehead atoms. The lowest BCUT2D eigenvalue weighted by molar-refractivity contribution is 0.0694. The van der Waals surface area contributed by atoms with Gasteiger partial charge in [-0.2, -0.15) is 0 Å². The minimum atomic E-state index is -1.15. The molecule has 2 aromatic rings. The van der Waals surface area contributed by atoms with Gasteiger partial charge in [0, 0.05) is 17.2 Å². The van der Waals surface area contributed by atoms with E-state index in [9.17, 15) is 4.79 Å². The number of benzene rings is 2. The van der Waals surface area contributed by atoms with Gasteiger partial charge >= 0.3 is 5.97 Å². The van der Waals surface area contributed by atoms with Crippen LogP contribution in [-0.2, 0) is 0 Å². The fraction of sp³-hybridized carbons (Fsp3) is 0. The van der Waals surface area contributed by atoms with E-state index >= 15 is 0 Å². The molecule has 0 atom stereocenters. The van der Waals surface area contributed by atoms with Gasteiger partial charge in [-0.05, 0) is 18.2 Å². The quantitative estimate of drug-likeness (QED) is 0.711. The predicted molar refractivity (Wildman–Crippen MR) is 80.0 cm³/mol. The van der Waals surface area contributed by atoms with Crippen LogP contribution in [0.3, 0.4) is 0 Å². The van der Waals surface area contributed by atoms with E-state index in [0.717, 1.165) is 0 Å². The van der Waals surface area contributed by atoms with Crippen molar-refractivity contribution in [3.63, 3.8) is 0 Å². The van der Waals surface area contributed by atoms with Crippen molar-refractivity contribution < 1.29 is 14.6 Å². The van der Waals surface area contributed by atoms with Crippen LogP contribution < -0.4 is 4.74 Å². The zero-order valence-corrected chi connectivity index (χ0v) is 12.7. The molecule has 104 valence electrons. The molecule has 0 saturated carbocycles. The van der Waals surface area contributed by atoms with Crippen molar-refractivity contribution in [3.05, 3.63) is 56.0 Å². The first-order chi connectivity index (χ1) is 9.38. The molecular weight excluding hydrogens is 346 g/mol. The van der Waals surface area contributed by atoms with Gasteiger partial charge in [0.2, 0.25) is 0 Å². The van der Waals surface area contributed by atoms with E-state index in [0.29, 0.717) is 5.02 Å². The van der Waals surface area contributed by atoms with Crippen molar-refractivity contribution in [1.29, 1.82) is 0 Å². The second kappa shape index (κ2) is 6.10. The summed E-state index contributed by atoms with van der Waals surface area (Å²) in [6.45, 7) is 0. The Balaban J connectivity index is 2.47. The summed E-state index contributed by atoms with van der Waals surface area (Å²) in [6, 6.07) is 6.98. The van der Waals surface area contributed by atoms with E-state index in [4.69, 9.17) is 56.2 Å². The first-order valence-corrected chi connectivity index (χ1v) is 6.75. The van der Waals surface area contributed by atoms with Gasteiger partial charge in [-0.15, -0.1) is 0 Å². The lowest BCUT2D eigenvalue weighted by atomic mass is 10.2. The third-order valence-electron chi connectivity index (χ3n) is 2.37. The summed E-state index contributed by atoms with van der Waals surface area (Å²) in [7, 11) is 0.